The average molecular weight is 280 g/mol. The topological polar surface area (TPSA) is 85.2 Å². The summed E-state index contributed by atoms with van der Waals surface area (Å²) >= 11 is 0. The van der Waals surface area contributed by atoms with Gasteiger partial charge in [-0.1, -0.05) is 0 Å². The number of hydrogen-bond acceptors (Lipinski definition) is 6. The minimum Gasteiger partial charge on any atom is -0.508 e. The molecule has 0 amide bonds. The SMILES string of the molecule is CCOC(=O)CC1OB(O)c2cc(O)cc(COC)c21. The molecule has 0 saturated carbocycles. The molecule has 1 atom stereocenters. The van der Waals surface area contributed by atoms with Crippen molar-refractivity contribution in [3.05, 3.63) is 23.3 Å². The molecule has 0 radical (unpaired) electrons. The quantitative estimate of drug-likeness (QED) is 0.594. The Labute approximate surface area is 117 Å². The van der Waals surface area contributed by atoms with Crippen LogP contribution < -0.4 is 5.46 Å². The van der Waals surface area contributed by atoms with E-state index in [1.54, 1.807) is 13.0 Å². The average Bonchev–Trinajstić information content (AvgIpc) is 2.66. The van der Waals surface area contributed by atoms with Gasteiger partial charge in [-0.25, -0.2) is 0 Å². The van der Waals surface area contributed by atoms with Crippen LogP contribution >= 0.6 is 0 Å². The number of phenols is 1. The molecule has 2 rings (SSSR count). The molecule has 2 N–H and O–H groups in total. The van der Waals surface area contributed by atoms with E-state index in [2.05, 4.69) is 0 Å². The van der Waals surface area contributed by atoms with Gasteiger partial charge in [-0.05, 0) is 35.6 Å². The van der Waals surface area contributed by atoms with Gasteiger partial charge in [0.05, 0.1) is 25.7 Å². The number of aromatic hydroxyl groups is 1. The lowest BCUT2D eigenvalue weighted by atomic mass is 9.77. The Morgan fingerprint density at radius 3 is 2.90 bits per heavy atom. The molecule has 6 nitrogen and oxygen atoms in total. The number of methoxy groups -OCH3 is 1. The Morgan fingerprint density at radius 1 is 1.50 bits per heavy atom. The minimum absolute atomic E-state index is 0.0133. The van der Waals surface area contributed by atoms with Gasteiger partial charge in [-0.2, -0.15) is 0 Å². The molecule has 1 aliphatic heterocycles. The molecule has 1 aromatic carbocycles. The third-order valence-corrected chi connectivity index (χ3v) is 3.12. The van der Waals surface area contributed by atoms with Gasteiger partial charge < -0.3 is 24.3 Å². The lowest BCUT2D eigenvalue weighted by molar-refractivity contribution is -0.145. The molecule has 0 saturated heterocycles. The highest BCUT2D eigenvalue weighted by molar-refractivity contribution is 6.62. The van der Waals surface area contributed by atoms with Gasteiger partial charge in [0.1, 0.15) is 5.75 Å². The zero-order chi connectivity index (χ0) is 14.7. The fourth-order valence-corrected chi connectivity index (χ4v) is 2.41. The first-order chi connectivity index (χ1) is 9.56. The summed E-state index contributed by atoms with van der Waals surface area (Å²) in [4.78, 5) is 11.6. The maximum atomic E-state index is 11.6. The first kappa shape index (κ1) is 14.8. The van der Waals surface area contributed by atoms with Crippen molar-refractivity contribution in [1.82, 2.24) is 0 Å². The largest absolute Gasteiger partial charge is 0.508 e. The van der Waals surface area contributed by atoms with Crippen LogP contribution in [0.15, 0.2) is 12.1 Å². The van der Waals surface area contributed by atoms with E-state index in [0.29, 0.717) is 23.2 Å². The molecular weight excluding hydrogens is 263 g/mol. The number of carbonyl (C=O) groups is 1. The van der Waals surface area contributed by atoms with Gasteiger partial charge in [0.2, 0.25) is 0 Å². The molecule has 1 unspecified atom stereocenters. The molecule has 7 heteroatoms. The molecule has 0 aromatic heterocycles. The standard InChI is InChI=1S/C13H17BO6/c1-3-19-12(16)6-11-13-8(7-18-2)4-9(15)5-10(13)14(17)20-11/h4-5,11,15,17H,3,6-7H2,1-2H3. The Morgan fingerprint density at radius 2 is 2.25 bits per heavy atom. The van der Waals surface area contributed by atoms with E-state index < -0.39 is 19.2 Å². The van der Waals surface area contributed by atoms with Crippen molar-refractivity contribution in [3.8, 4) is 5.75 Å². The predicted molar refractivity (Wildman–Crippen MR) is 71.5 cm³/mol. The summed E-state index contributed by atoms with van der Waals surface area (Å²) in [5.41, 5.74) is 1.84. The second-order valence-electron chi connectivity index (χ2n) is 4.53. The summed E-state index contributed by atoms with van der Waals surface area (Å²) in [5, 5.41) is 19.5. The molecule has 0 bridgehead atoms. The zero-order valence-corrected chi connectivity index (χ0v) is 11.5. The van der Waals surface area contributed by atoms with Crippen LogP contribution in [0.1, 0.15) is 30.6 Å². The van der Waals surface area contributed by atoms with Crippen molar-refractivity contribution in [2.45, 2.75) is 26.1 Å². The van der Waals surface area contributed by atoms with Crippen molar-refractivity contribution in [1.29, 1.82) is 0 Å². The lowest BCUT2D eigenvalue weighted by Gasteiger charge is -2.15. The Hall–Kier alpha value is -1.57. The van der Waals surface area contributed by atoms with Crippen LogP contribution in [0.3, 0.4) is 0 Å². The maximum Gasteiger partial charge on any atom is 0.492 e. The Balaban J connectivity index is 2.32. The smallest absolute Gasteiger partial charge is 0.492 e. The fraction of sp³-hybridized carbons (Fsp3) is 0.462. The van der Waals surface area contributed by atoms with E-state index in [1.807, 2.05) is 0 Å². The highest BCUT2D eigenvalue weighted by Crippen LogP contribution is 2.32. The van der Waals surface area contributed by atoms with Crippen LogP contribution in [-0.2, 0) is 25.5 Å². The number of carbonyl (C=O) groups excluding carboxylic acids is 1. The summed E-state index contributed by atoms with van der Waals surface area (Å²) in [6.07, 6.45) is -0.579. The summed E-state index contributed by atoms with van der Waals surface area (Å²) < 4.78 is 15.4. The van der Waals surface area contributed by atoms with E-state index in [4.69, 9.17) is 14.1 Å². The second kappa shape index (κ2) is 6.26. The van der Waals surface area contributed by atoms with Crippen molar-refractivity contribution >= 4 is 18.6 Å². The number of hydrogen-bond donors (Lipinski definition) is 2. The molecular formula is C13H17BO6. The zero-order valence-electron chi connectivity index (χ0n) is 11.5. The van der Waals surface area contributed by atoms with Crippen LogP contribution in [0.4, 0.5) is 0 Å². The van der Waals surface area contributed by atoms with Gasteiger partial charge >= 0.3 is 13.1 Å². The predicted octanol–water partition coefficient (Wildman–Crippen LogP) is 0.251. The van der Waals surface area contributed by atoms with E-state index in [0.717, 1.165) is 0 Å². The number of fused-ring (bicyclic) bond motifs is 1. The van der Waals surface area contributed by atoms with Crippen LogP contribution in [-0.4, -0.2) is 36.9 Å². The van der Waals surface area contributed by atoms with Gasteiger partial charge in [0.25, 0.3) is 0 Å². The summed E-state index contributed by atoms with van der Waals surface area (Å²) in [7, 11) is 0.371. The molecule has 1 aromatic rings. The summed E-state index contributed by atoms with van der Waals surface area (Å²) in [6, 6.07) is 2.98. The Kier molecular flexibility index (Phi) is 4.64. The van der Waals surface area contributed by atoms with Crippen molar-refractivity contribution in [2.24, 2.45) is 0 Å². The minimum atomic E-state index is -1.16. The van der Waals surface area contributed by atoms with Crippen LogP contribution in [0.2, 0.25) is 0 Å². The number of esters is 1. The van der Waals surface area contributed by atoms with Gasteiger partial charge in [0.15, 0.2) is 0 Å². The monoisotopic (exact) mass is 280 g/mol. The summed E-state index contributed by atoms with van der Waals surface area (Å²) in [5.74, 6) is -0.371. The fourth-order valence-electron chi connectivity index (χ4n) is 2.41. The van der Waals surface area contributed by atoms with Crippen LogP contribution in [0.25, 0.3) is 0 Å². The molecule has 20 heavy (non-hydrogen) atoms. The summed E-state index contributed by atoms with van der Waals surface area (Å²) in [6.45, 7) is 2.28. The van der Waals surface area contributed by atoms with Crippen molar-refractivity contribution in [3.63, 3.8) is 0 Å². The van der Waals surface area contributed by atoms with Gasteiger partial charge in [-0.15, -0.1) is 0 Å². The lowest BCUT2D eigenvalue weighted by Crippen LogP contribution is -2.28. The molecule has 1 heterocycles. The molecule has 108 valence electrons. The van der Waals surface area contributed by atoms with Crippen LogP contribution in [0, 0.1) is 0 Å². The molecule has 0 fully saturated rings. The molecule has 0 spiro atoms. The number of phenolic OH excluding ortho intramolecular Hbond substituents is 1. The van der Waals surface area contributed by atoms with Crippen LogP contribution in [0.5, 0.6) is 5.75 Å². The van der Waals surface area contributed by atoms with E-state index >= 15 is 0 Å². The van der Waals surface area contributed by atoms with Gasteiger partial charge in [-0.3, -0.25) is 4.79 Å². The third kappa shape index (κ3) is 2.95. The first-order valence-corrected chi connectivity index (χ1v) is 6.40. The second-order valence-corrected chi connectivity index (χ2v) is 4.53. The van der Waals surface area contributed by atoms with E-state index in [1.165, 1.54) is 13.2 Å². The Bertz CT molecular complexity index is 504. The van der Waals surface area contributed by atoms with Crippen molar-refractivity contribution in [2.75, 3.05) is 13.7 Å². The highest BCUT2D eigenvalue weighted by atomic mass is 16.5. The maximum absolute atomic E-state index is 11.6. The number of benzene rings is 1. The van der Waals surface area contributed by atoms with E-state index in [9.17, 15) is 14.9 Å². The number of ether oxygens (including phenoxy) is 2. The normalized spacial score (nSPS) is 17.1. The third-order valence-electron chi connectivity index (χ3n) is 3.12. The highest BCUT2D eigenvalue weighted by Gasteiger charge is 2.38. The van der Waals surface area contributed by atoms with Gasteiger partial charge in [0, 0.05) is 7.11 Å². The molecule has 0 aliphatic carbocycles. The molecule has 1 aliphatic rings. The first-order valence-electron chi connectivity index (χ1n) is 6.40. The van der Waals surface area contributed by atoms with Crippen molar-refractivity contribution < 1.29 is 29.1 Å². The number of rotatable bonds is 5. The van der Waals surface area contributed by atoms with E-state index in [-0.39, 0.29) is 18.8 Å².